The maximum Gasteiger partial charge on any atom is 0.192 e. The predicted molar refractivity (Wildman–Crippen MR) is 66.0 cm³/mol. The van der Waals surface area contributed by atoms with Gasteiger partial charge in [-0.25, -0.2) is 0 Å². The van der Waals surface area contributed by atoms with Crippen molar-refractivity contribution in [3.63, 3.8) is 0 Å². The van der Waals surface area contributed by atoms with Gasteiger partial charge in [0, 0.05) is 4.90 Å². The molecule has 0 radical (unpaired) electrons. The lowest BCUT2D eigenvalue weighted by molar-refractivity contribution is 0.355. The lowest BCUT2D eigenvalue weighted by Gasteiger charge is -2.10. The molecule has 0 heterocycles. The van der Waals surface area contributed by atoms with Gasteiger partial charge in [0.05, 0.1) is 6.61 Å². The van der Waals surface area contributed by atoms with Gasteiger partial charge >= 0.3 is 0 Å². The second-order valence-electron chi connectivity index (χ2n) is 2.89. The first-order valence-electron chi connectivity index (χ1n) is 4.07. The van der Waals surface area contributed by atoms with E-state index in [9.17, 15) is 0 Å². The van der Waals surface area contributed by atoms with Gasteiger partial charge < -0.3 is 4.52 Å². The second kappa shape index (κ2) is 5.26. The summed E-state index contributed by atoms with van der Waals surface area (Å²) in [5.41, 5.74) is 11.9. The van der Waals surface area contributed by atoms with Crippen LogP contribution in [-0.4, -0.2) is 6.61 Å². The molecule has 0 atom stereocenters. The SMILES string of the molecule is NP(N)(=S)OCCc1ccc(S)cc1. The van der Waals surface area contributed by atoms with Crippen molar-refractivity contribution in [3.05, 3.63) is 29.8 Å². The highest BCUT2D eigenvalue weighted by molar-refractivity contribution is 8.10. The Labute approximate surface area is 94.4 Å². The molecule has 14 heavy (non-hydrogen) atoms. The van der Waals surface area contributed by atoms with Crippen LogP contribution in [0.15, 0.2) is 29.2 Å². The summed E-state index contributed by atoms with van der Waals surface area (Å²) in [4.78, 5) is 0.942. The van der Waals surface area contributed by atoms with Crippen LogP contribution in [-0.2, 0) is 22.8 Å². The zero-order chi connectivity index (χ0) is 10.6. The van der Waals surface area contributed by atoms with E-state index in [1.54, 1.807) is 0 Å². The number of benzene rings is 1. The van der Waals surface area contributed by atoms with Crippen LogP contribution in [0.25, 0.3) is 0 Å². The minimum absolute atomic E-state index is 0.468. The van der Waals surface area contributed by atoms with Crippen LogP contribution in [0.3, 0.4) is 0 Å². The van der Waals surface area contributed by atoms with Gasteiger partial charge in [-0.05, 0) is 35.9 Å². The van der Waals surface area contributed by atoms with Crippen LogP contribution in [0.5, 0.6) is 0 Å². The van der Waals surface area contributed by atoms with Crippen molar-refractivity contribution in [3.8, 4) is 0 Å². The first-order chi connectivity index (χ1) is 6.47. The quantitative estimate of drug-likeness (QED) is 0.560. The highest BCUT2D eigenvalue weighted by Crippen LogP contribution is 2.26. The molecule has 0 bridgehead atoms. The molecule has 1 rings (SSSR count). The van der Waals surface area contributed by atoms with Crippen molar-refractivity contribution >= 4 is 31.0 Å². The summed E-state index contributed by atoms with van der Waals surface area (Å²) in [6, 6.07) is 7.84. The molecule has 0 aliphatic rings. The number of thiol groups is 1. The highest BCUT2D eigenvalue weighted by atomic mass is 32.4. The molecule has 78 valence electrons. The lowest BCUT2D eigenvalue weighted by Crippen LogP contribution is -2.09. The van der Waals surface area contributed by atoms with E-state index in [2.05, 4.69) is 12.6 Å². The Bertz CT molecular complexity index is 336. The maximum atomic E-state index is 5.39. The van der Waals surface area contributed by atoms with E-state index in [0.717, 1.165) is 16.9 Å². The highest BCUT2D eigenvalue weighted by Gasteiger charge is 2.02. The summed E-state index contributed by atoms with van der Waals surface area (Å²) in [6.07, 6.45) is 0.765. The predicted octanol–water partition coefficient (Wildman–Crippen LogP) is 1.68. The van der Waals surface area contributed by atoms with Gasteiger partial charge in [0.25, 0.3) is 0 Å². The summed E-state index contributed by atoms with van der Waals surface area (Å²) in [7, 11) is 0. The smallest absolute Gasteiger partial charge is 0.192 e. The zero-order valence-corrected chi connectivity index (χ0v) is 10.2. The molecule has 3 nitrogen and oxygen atoms in total. The molecule has 0 saturated heterocycles. The van der Waals surface area contributed by atoms with E-state index in [1.807, 2.05) is 24.3 Å². The Morgan fingerprint density at radius 1 is 1.29 bits per heavy atom. The molecule has 0 fully saturated rings. The monoisotopic (exact) mass is 248 g/mol. The summed E-state index contributed by atoms with van der Waals surface area (Å²) in [6.45, 7) is -2.03. The fraction of sp³-hybridized carbons (Fsp3) is 0.250. The van der Waals surface area contributed by atoms with Crippen LogP contribution >= 0.6 is 19.2 Å². The minimum atomic E-state index is -2.49. The summed E-state index contributed by atoms with van der Waals surface area (Å²) in [5, 5.41) is 0. The fourth-order valence-corrected chi connectivity index (χ4v) is 1.72. The fourth-order valence-electron chi connectivity index (χ4n) is 0.969. The Balaban J connectivity index is 2.39. The molecule has 0 saturated carbocycles. The van der Waals surface area contributed by atoms with Crippen molar-refractivity contribution in [2.45, 2.75) is 11.3 Å². The number of rotatable bonds is 4. The molecule has 0 aliphatic heterocycles. The molecule has 4 N–H and O–H groups in total. The van der Waals surface area contributed by atoms with Crippen molar-refractivity contribution in [1.29, 1.82) is 0 Å². The molecular weight excluding hydrogens is 235 g/mol. The number of hydrogen-bond acceptors (Lipinski definition) is 3. The van der Waals surface area contributed by atoms with Crippen molar-refractivity contribution < 1.29 is 4.52 Å². The third-order valence-electron chi connectivity index (χ3n) is 1.62. The van der Waals surface area contributed by atoms with E-state index in [1.165, 1.54) is 0 Å². The standard InChI is InChI=1S/C8H13N2OPS2/c9-12(10,14)11-6-5-7-1-3-8(13)4-2-7/h1-4,13H,5-6H2,(H4,9,10,14). The average molecular weight is 248 g/mol. The van der Waals surface area contributed by atoms with Crippen LogP contribution in [0.2, 0.25) is 0 Å². The molecule has 0 spiro atoms. The third-order valence-corrected chi connectivity index (χ3v) is 2.82. The minimum Gasteiger partial charge on any atom is -0.327 e. The first-order valence-corrected chi connectivity index (χ1v) is 7.37. The van der Waals surface area contributed by atoms with Crippen LogP contribution in [0.4, 0.5) is 0 Å². The number of hydrogen-bond donors (Lipinski definition) is 3. The van der Waals surface area contributed by atoms with E-state index in [4.69, 9.17) is 27.3 Å². The van der Waals surface area contributed by atoms with Gasteiger partial charge in [0.15, 0.2) is 6.57 Å². The first kappa shape index (κ1) is 12.2. The largest absolute Gasteiger partial charge is 0.327 e. The van der Waals surface area contributed by atoms with Gasteiger partial charge in [-0.3, -0.25) is 11.0 Å². The molecule has 6 heteroatoms. The lowest BCUT2D eigenvalue weighted by atomic mass is 10.2. The number of nitrogens with two attached hydrogens (primary N) is 2. The Hall–Kier alpha value is 0.100. The maximum absolute atomic E-state index is 5.39. The van der Waals surface area contributed by atoms with Gasteiger partial charge in [0.2, 0.25) is 0 Å². The normalized spacial score (nSPS) is 11.6. The third kappa shape index (κ3) is 5.10. The van der Waals surface area contributed by atoms with Gasteiger partial charge in [-0.15, -0.1) is 12.6 Å². The topological polar surface area (TPSA) is 61.3 Å². The molecule has 1 aromatic carbocycles. The molecular formula is C8H13N2OPS2. The molecule has 0 amide bonds. The Morgan fingerprint density at radius 2 is 1.86 bits per heavy atom. The van der Waals surface area contributed by atoms with E-state index in [0.29, 0.717) is 6.61 Å². The van der Waals surface area contributed by atoms with Crippen molar-refractivity contribution in [2.75, 3.05) is 6.61 Å². The molecule has 1 aromatic rings. The van der Waals surface area contributed by atoms with E-state index in [-0.39, 0.29) is 0 Å². The van der Waals surface area contributed by atoms with Crippen LogP contribution in [0.1, 0.15) is 5.56 Å². The van der Waals surface area contributed by atoms with Crippen molar-refractivity contribution in [2.24, 2.45) is 11.0 Å². The van der Waals surface area contributed by atoms with E-state index < -0.39 is 6.57 Å². The summed E-state index contributed by atoms with van der Waals surface area (Å²) in [5.74, 6) is 0. The zero-order valence-electron chi connectivity index (χ0n) is 7.59. The van der Waals surface area contributed by atoms with Crippen LogP contribution in [0, 0.1) is 0 Å². The molecule has 0 unspecified atom stereocenters. The average Bonchev–Trinajstić information content (AvgIpc) is 2.06. The molecule has 0 aliphatic carbocycles. The van der Waals surface area contributed by atoms with Gasteiger partial charge in [-0.2, -0.15) is 0 Å². The van der Waals surface area contributed by atoms with Gasteiger partial charge in [-0.1, -0.05) is 12.1 Å². The van der Waals surface area contributed by atoms with Crippen LogP contribution < -0.4 is 11.0 Å². The molecule has 0 aromatic heterocycles. The summed E-state index contributed by atoms with van der Waals surface area (Å²) >= 11 is 8.94. The van der Waals surface area contributed by atoms with E-state index >= 15 is 0 Å². The summed E-state index contributed by atoms with van der Waals surface area (Å²) < 4.78 is 5.13. The Kier molecular flexibility index (Phi) is 4.57. The second-order valence-corrected chi connectivity index (χ2v) is 6.67. The van der Waals surface area contributed by atoms with Gasteiger partial charge in [0.1, 0.15) is 0 Å². The Morgan fingerprint density at radius 3 is 2.36 bits per heavy atom. The van der Waals surface area contributed by atoms with Crippen molar-refractivity contribution in [1.82, 2.24) is 0 Å².